The van der Waals surface area contributed by atoms with Crippen molar-refractivity contribution in [1.82, 2.24) is 10.3 Å². The molecule has 1 aliphatic rings. The molecule has 1 aromatic heterocycles. The van der Waals surface area contributed by atoms with Gasteiger partial charge in [-0.2, -0.15) is 13.2 Å². The summed E-state index contributed by atoms with van der Waals surface area (Å²) in [4.78, 5) is 4.29. The maximum Gasteiger partial charge on any atom is 0.443 e. The molecule has 2 nitrogen and oxygen atoms in total. The van der Waals surface area contributed by atoms with Gasteiger partial charge in [-0.1, -0.05) is 26.7 Å². The normalized spacial score (nSPS) is 25.6. The Morgan fingerprint density at radius 3 is 2.63 bits per heavy atom. The molecule has 1 unspecified atom stereocenters. The highest BCUT2D eigenvalue weighted by atomic mass is 32.1. The minimum Gasteiger partial charge on any atom is -0.306 e. The number of alkyl halides is 3. The van der Waals surface area contributed by atoms with Crippen molar-refractivity contribution in [3.8, 4) is 0 Å². The Kier molecular flexibility index (Phi) is 4.20. The van der Waals surface area contributed by atoms with E-state index in [0.29, 0.717) is 0 Å². The lowest BCUT2D eigenvalue weighted by molar-refractivity contribution is -0.137. The van der Waals surface area contributed by atoms with Crippen molar-refractivity contribution in [3.63, 3.8) is 0 Å². The molecular weight excluding hydrogens is 273 g/mol. The highest BCUT2D eigenvalue weighted by Gasteiger charge is 2.41. The lowest BCUT2D eigenvalue weighted by Crippen LogP contribution is -2.45. The lowest BCUT2D eigenvalue weighted by Gasteiger charge is -2.36. The Balaban J connectivity index is 2.36. The molecule has 0 amide bonds. The second-order valence-electron chi connectivity index (χ2n) is 5.39. The molecule has 19 heavy (non-hydrogen) atoms. The summed E-state index contributed by atoms with van der Waals surface area (Å²) in [5, 5.41) is 2.74. The van der Waals surface area contributed by atoms with E-state index < -0.39 is 11.2 Å². The number of rotatable bonds is 2. The van der Waals surface area contributed by atoms with Crippen LogP contribution in [0.15, 0.2) is 6.20 Å². The van der Waals surface area contributed by atoms with Crippen molar-refractivity contribution >= 4 is 11.3 Å². The van der Waals surface area contributed by atoms with E-state index in [9.17, 15) is 13.2 Å². The van der Waals surface area contributed by atoms with E-state index in [-0.39, 0.29) is 11.5 Å². The third-order valence-electron chi connectivity index (χ3n) is 3.86. The second-order valence-corrected chi connectivity index (χ2v) is 6.42. The summed E-state index contributed by atoms with van der Waals surface area (Å²) in [6.07, 6.45) is 1.21. The van der Waals surface area contributed by atoms with Gasteiger partial charge in [-0.15, -0.1) is 11.3 Å². The van der Waals surface area contributed by atoms with Crippen molar-refractivity contribution < 1.29 is 13.2 Å². The van der Waals surface area contributed by atoms with E-state index in [1.54, 1.807) is 0 Å². The molecule has 0 saturated carbocycles. The molecule has 1 N–H and O–H groups in total. The van der Waals surface area contributed by atoms with Gasteiger partial charge in [-0.25, -0.2) is 4.98 Å². The number of thiazole rings is 1. The van der Waals surface area contributed by atoms with Crippen molar-refractivity contribution in [2.24, 2.45) is 5.92 Å². The van der Waals surface area contributed by atoms with E-state index in [2.05, 4.69) is 24.1 Å². The van der Waals surface area contributed by atoms with Crippen LogP contribution >= 0.6 is 11.3 Å². The quantitative estimate of drug-likeness (QED) is 0.884. The van der Waals surface area contributed by atoms with E-state index in [1.807, 2.05) is 0 Å². The number of hydrogen-bond donors (Lipinski definition) is 1. The molecule has 1 fully saturated rings. The van der Waals surface area contributed by atoms with Crippen LogP contribution in [0.1, 0.15) is 49.4 Å². The zero-order valence-electron chi connectivity index (χ0n) is 11.2. The molecular formula is C13H19F3N2S. The minimum absolute atomic E-state index is 0.243. The molecule has 1 aliphatic heterocycles. The Morgan fingerprint density at radius 2 is 2.05 bits per heavy atom. The smallest absolute Gasteiger partial charge is 0.306 e. The van der Waals surface area contributed by atoms with Gasteiger partial charge in [0.25, 0.3) is 0 Å². The standard InChI is InChI=1S/C13H19F3N2S/c1-9(2)12(6-4-3-5-7-18-12)10-8-17-11(19-10)13(14,15)16/h8-9,18H,3-7H2,1-2H3. The lowest BCUT2D eigenvalue weighted by atomic mass is 9.81. The van der Waals surface area contributed by atoms with Gasteiger partial charge in [0.15, 0.2) is 5.01 Å². The molecule has 1 atom stereocenters. The monoisotopic (exact) mass is 292 g/mol. The first kappa shape index (κ1) is 14.8. The van der Waals surface area contributed by atoms with Crippen LogP contribution in [-0.4, -0.2) is 11.5 Å². The molecule has 1 aromatic rings. The first-order chi connectivity index (χ1) is 8.86. The van der Waals surface area contributed by atoms with E-state index in [0.717, 1.165) is 48.4 Å². The zero-order chi connectivity index (χ0) is 14.1. The maximum absolute atomic E-state index is 12.7. The first-order valence-electron chi connectivity index (χ1n) is 6.65. The average molecular weight is 292 g/mol. The van der Waals surface area contributed by atoms with Gasteiger partial charge in [-0.3, -0.25) is 0 Å². The Labute approximate surface area is 115 Å². The largest absolute Gasteiger partial charge is 0.443 e. The van der Waals surface area contributed by atoms with Crippen LogP contribution in [0.5, 0.6) is 0 Å². The van der Waals surface area contributed by atoms with Crippen LogP contribution in [0.2, 0.25) is 0 Å². The maximum atomic E-state index is 12.7. The average Bonchev–Trinajstić information content (AvgIpc) is 2.68. The summed E-state index contributed by atoms with van der Waals surface area (Å²) >= 11 is 0.784. The van der Waals surface area contributed by atoms with E-state index >= 15 is 0 Å². The Hall–Kier alpha value is -0.620. The topological polar surface area (TPSA) is 24.9 Å². The zero-order valence-corrected chi connectivity index (χ0v) is 12.0. The van der Waals surface area contributed by atoms with Crippen molar-refractivity contribution in [2.75, 3.05) is 6.54 Å². The molecule has 0 radical (unpaired) electrons. The molecule has 2 heterocycles. The van der Waals surface area contributed by atoms with Crippen molar-refractivity contribution in [1.29, 1.82) is 0 Å². The fourth-order valence-corrected chi connectivity index (χ4v) is 3.83. The fraction of sp³-hybridized carbons (Fsp3) is 0.769. The molecule has 108 valence electrons. The van der Waals surface area contributed by atoms with Gasteiger partial charge in [0.2, 0.25) is 0 Å². The molecule has 0 aliphatic carbocycles. The summed E-state index contributed by atoms with van der Waals surface area (Å²) in [6, 6.07) is 0. The van der Waals surface area contributed by atoms with Gasteiger partial charge < -0.3 is 5.32 Å². The van der Waals surface area contributed by atoms with Crippen LogP contribution in [0.3, 0.4) is 0 Å². The fourth-order valence-electron chi connectivity index (χ4n) is 2.70. The van der Waals surface area contributed by atoms with Gasteiger partial charge in [-0.05, 0) is 25.3 Å². The van der Waals surface area contributed by atoms with E-state index in [1.165, 1.54) is 6.20 Å². The van der Waals surface area contributed by atoms with Gasteiger partial charge in [0.1, 0.15) is 0 Å². The van der Waals surface area contributed by atoms with Crippen molar-refractivity contribution in [3.05, 3.63) is 16.1 Å². The minimum atomic E-state index is -4.34. The third kappa shape index (κ3) is 2.94. The highest BCUT2D eigenvalue weighted by Crippen LogP contribution is 2.42. The molecule has 1 saturated heterocycles. The number of hydrogen-bond acceptors (Lipinski definition) is 3. The predicted molar refractivity (Wildman–Crippen MR) is 70.1 cm³/mol. The summed E-state index contributed by atoms with van der Waals surface area (Å²) in [7, 11) is 0. The first-order valence-corrected chi connectivity index (χ1v) is 7.46. The summed E-state index contributed by atoms with van der Waals surface area (Å²) in [5.41, 5.74) is -0.350. The molecule has 2 rings (SSSR count). The number of aromatic nitrogens is 1. The van der Waals surface area contributed by atoms with Crippen LogP contribution in [0.4, 0.5) is 13.2 Å². The molecule has 0 bridgehead atoms. The second kappa shape index (κ2) is 5.40. The number of nitrogens with zero attached hydrogens (tertiary/aromatic N) is 1. The number of nitrogens with one attached hydrogen (secondary N) is 1. The molecule has 0 spiro atoms. The predicted octanol–water partition coefficient (Wildman–Crippen LogP) is 4.18. The summed E-state index contributed by atoms with van der Waals surface area (Å²) < 4.78 is 38.1. The van der Waals surface area contributed by atoms with Crippen LogP contribution < -0.4 is 5.32 Å². The SMILES string of the molecule is CC(C)C1(c2cnc(C(F)(F)F)s2)CCCCCN1. The number of halogens is 3. The highest BCUT2D eigenvalue weighted by molar-refractivity contribution is 7.11. The molecule has 0 aromatic carbocycles. The van der Waals surface area contributed by atoms with Crippen LogP contribution in [0.25, 0.3) is 0 Å². The van der Waals surface area contributed by atoms with Gasteiger partial charge in [0, 0.05) is 11.1 Å². The van der Waals surface area contributed by atoms with Gasteiger partial charge >= 0.3 is 6.18 Å². The van der Waals surface area contributed by atoms with Crippen LogP contribution in [0, 0.1) is 5.92 Å². The van der Waals surface area contributed by atoms with E-state index in [4.69, 9.17) is 0 Å². The summed E-state index contributed by atoms with van der Waals surface area (Å²) in [5.74, 6) is 0.243. The van der Waals surface area contributed by atoms with Crippen LogP contribution in [-0.2, 0) is 11.7 Å². The van der Waals surface area contributed by atoms with Crippen molar-refractivity contribution in [2.45, 2.75) is 51.2 Å². The third-order valence-corrected chi connectivity index (χ3v) is 5.08. The Bertz CT molecular complexity index is 418. The van der Waals surface area contributed by atoms with Gasteiger partial charge in [0.05, 0.1) is 5.54 Å². The summed E-state index contributed by atoms with van der Waals surface area (Å²) in [6.45, 7) is 4.98. The Morgan fingerprint density at radius 1 is 1.32 bits per heavy atom. The molecule has 6 heteroatoms.